The molecule has 0 radical (unpaired) electrons. The van der Waals surface area contributed by atoms with Gasteiger partial charge in [0, 0.05) is 53.9 Å². The molecule has 2 aromatic carbocycles. The number of nitriles is 1. The molecule has 4 aromatic rings. The number of halogens is 2. The molecular weight excluding hydrogens is 565 g/mol. The number of sulfonamides is 1. The Balaban J connectivity index is 1.54. The predicted molar refractivity (Wildman–Crippen MR) is 147 cm³/mol. The summed E-state index contributed by atoms with van der Waals surface area (Å²) in [5.41, 5.74) is 1.07. The zero-order valence-corrected chi connectivity index (χ0v) is 22.6. The summed E-state index contributed by atoms with van der Waals surface area (Å²) in [6.45, 7) is 2.32. The Morgan fingerprint density at radius 2 is 1.79 bits per heavy atom. The molecule has 2 N–H and O–H groups in total. The van der Waals surface area contributed by atoms with E-state index < -0.39 is 22.5 Å². The van der Waals surface area contributed by atoms with Crippen molar-refractivity contribution in [2.24, 2.45) is 0 Å². The van der Waals surface area contributed by atoms with E-state index in [0.717, 1.165) is 30.5 Å². The molecule has 3 heterocycles. The number of hydrogen-bond donors (Lipinski definition) is 2. The minimum atomic E-state index is -4.33. The maximum atomic E-state index is 13.5. The third-order valence-electron chi connectivity index (χ3n) is 6.22. The summed E-state index contributed by atoms with van der Waals surface area (Å²) < 4.78 is 29.4. The molecule has 14 heteroatoms. The highest BCUT2D eigenvalue weighted by molar-refractivity contribution is 7.92. The molecule has 1 aliphatic heterocycles. The lowest BCUT2D eigenvalue weighted by atomic mass is 10.2. The topological polar surface area (TPSA) is 144 Å². The van der Waals surface area contributed by atoms with E-state index in [-0.39, 0.29) is 20.6 Å². The minimum absolute atomic E-state index is 0.0984. The molecule has 0 atom stereocenters. The number of rotatable bonds is 7. The molecule has 1 fully saturated rings. The van der Waals surface area contributed by atoms with Gasteiger partial charge in [-0.1, -0.05) is 23.2 Å². The fourth-order valence-corrected chi connectivity index (χ4v) is 6.53. The van der Waals surface area contributed by atoms with Crippen molar-refractivity contribution in [3.05, 3.63) is 70.3 Å². The molecule has 200 valence electrons. The Morgan fingerprint density at radius 3 is 2.46 bits per heavy atom. The number of aromatic nitrogens is 3. The van der Waals surface area contributed by atoms with E-state index in [0.29, 0.717) is 28.1 Å². The van der Waals surface area contributed by atoms with Crippen LogP contribution in [0, 0.1) is 11.3 Å². The fourth-order valence-electron chi connectivity index (χ4n) is 4.40. The van der Waals surface area contributed by atoms with Gasteiger partial charge >= 0.3 is 5.97 Å². The molecule has 5 rings (SSSR count). The van der Waals surface area contributed by atoms with Gasteiger partial charge in [-0.05, 0) is 42.5 Å². The number of benzene rings is 2. The van der Waals surface area contributed by atoms with E-state index in [1.807, 2.05) is 0 Å². The highest BCUT2D eigenvalue weighted by Crippen LogP contribution is 2.31. The number of carbonyl (C=O) groups is 1. The second kappa shape index (κ2) is 10.7. The number of fused-ring (bicyclic) bond motifs is 1. The average molecular weight is 586 g/mol. The Kier molecular flexibility index (Phi) is 7.33. The van der Waals surface area contributed by atoms with Crippen LogP contribution in [0.25, 0.3) is 16.7 Å². The fraction of sp³-hybridized carbons (Fsp3) is 0.200. The number of piperazine rings is 1. The first kappa shape index (κ1) is 26.7. The van der Waals surface area contributed by atoms with Gasteiger partial charge in [0.15, 0.2) is 11.6 Å². The molecule has 0 saturated carbocycles. The van der Waals surface area contributed by atoms with Crippen molar-refractivity contribution >= 4 is 61.6 Å². The summed E-state index contributed by atoms with van der Waals surface area (Å²) in [6, 6.07) is 14.1. The third kappa shape index (κ3) is 5.35. The zero-order valence-electron chi connectivity index (χ0n) is 20.3. The standard InChI is InChI=1S/C25H21Cl2N7O4S/c26-18-11-19(27)13-21(12-18)39(37,38)34(15-24(35)36)20-1-2-22-16(9-20)3-6-33(22)25-17(14-28)10-23(30-31-25)32-7-4-29-5-8-32/h1-3,6,9-13,29H,4-5,7-8,15H2,(H,35,36). The van der Waals surface area contributed by atoms with Gasteiger partial charge in [-0.15, -0.1) is 10.2 Å². The summed E-state index contributed by atoms with van der Waals surface area (Å²) in [5.74, 6) is -0.406. The van der Waals surface area contributed by atoms with Gasteiger partial charge in [-0.25, -0.2) is 8.42 Å². The molecule has 0 unspecified atom stereocenters. The number of aliphatic carboxylic acids is 1. The first-order valence-electron chi connectivity index (χ1n) is 11.7. The van der Waals surface area contributed by atoms with Crippen LogP contribution in [-0.4, -0.2) is 67.0 Å². The largest absolute Gasteiger partial charge is 0.480 e. The molecule has 0 aliphatic carbocycles. The number of hydrogen-bond acceptors (Lipinski definition) is 8. The number of nitrogens with one attached hydrogen (secondary N) is 1. The van der Waals surface area contributed by atoms with Crippen LogP contribution in [0.15, 0.2) is 59.6 Å². The van der Waals surface area contributed by atoms with Crippen molar-refractivity contribution < 1.29 is 18.3 Å². The molecule has 1 saturated heterocycles. The van der Waals surface area contributed by atoms with Crippen molar-refractivity contribution in [1.82, 2.24) is 20.1 Å². The smallest absolute Gasteiger partial charge is 0.324 e. The maximum absolute atomic E-state index is 13.5. The molecule has 11 nitrogen and oxygen atoms in total. The van der Waals surface area contributed by atoms with Gasteiger partial charge in [0.05, 0.1) is 16.1 Å². The molecule has 1 aliphatic rings. The summed E-state index contributed by atoms with van der Waals surface area (Å²) >= 11 is 12.0. The number of carboxylic acids is 1. The summed E-state index contributed by atoms with van der Waals surface area (Å²) in [6.07, 6.45) is 1.69. The first-order chi connectivity index (χ1) is 18.7. The molecule has 0 spiro atoms. The molecule has 0 bridgehead atoms. The lowest BCUT2D eigenvalue weighted by Crippen LogP contribution is -2.44. The zero-order chi connectivity index (χ0) is 27.7. The van der Waals surface area contributed by atoms with Crippen molar-refractivity contribution in [3.8, 4) is 11.9 Å². The second-order valence-corrected chi connectivity index (χ2v) is 11.5. The van der Waals surface area contributed by atoms with Crippen LogP contribution in [0.3, 0.4) is 0 Å². The highest BCUT2D eigenvalue weighted by Gasteiger charge is 2.28. The van der Waals surface area contributed by atoms with Crippen LogP contribution >= 0.6 is 23.2 Å². The van der Waals surface area contributed by atoms with Crippen LogP contribution in [0.5, 0.6) is 0 Å². The lowest BCUT2D eigenvalue weighted by molar-refractivity contribution is -0.135. The number of anilines is 2. The van der Waals surface area contributed by atoms with E-state index in [9.17, 15) is 23.6 Å². The Morgan fingerprint density at radius 1 is 1.08 bits per heavy atom. The normalized spacial score (nSPS) is 13.8. The van der Waals surface area contributed by atoms with Crippen molar-refractivity contribution in [1.29, 1.82) is 5.26 Å². The van der Waals surface area contributed by atoms with E-state index in [1.165, 1.54) is 24.3 Å². The summed E-state index contributed by atoms with van der Waals surface area (Å²) in [7, 11) is -4.33. The second-order valence-electron chi connectivity index (χ2n) is 8.73. The average Bonchev–Trinajstić information content (AvgIpc) is 3.34. The predicted octanol–water partition coefficient (Wildman–Crippen LogP) is 3.29. The van der Waals surface area contributed by atoms with Crippen LogP contribution in [-0.2, 0) is 14.8 Å². The van der Waals surface area contributed by atoms with Gasteiger partial charge in [-0.3, -0.25) is 13.7 Å². The van der Waals surface area contributed by atoms with Gasteiger partial charge < -0.3 is 15.3 Å². The number of nitrogens with zero attached hydrogens (tertiary/aromatic N) is 6. The summed E-state index contributed by atoms with van der Waals surface area (Å²) in [5, 5.41) is 32.1. The van der Waals surface area contributed by atoms with Crippen molar-refractivity contribution in [2.75, 3.05) is 41.9 Å². The third-order valence-corrected chi connectivity index (χ3v) is 8.40. The van der Waals surface area contributed by atoms with Gasteiger partial charge in [0.2, 0.25) is 0 Å². The molecule has 39 heavy (non-hydrogen) atoms. The van der Waals surface area contributed by atoms with Crippen molar-refractivity contribution in [2.45, 2.75) is 4.90 Å². The highest BCUT2D eigenvalue weighted by atomic mass is 35.5. The summed E-state index contributed by atoms with van der Waals surface area (Å²) in [4.78, 5) is 13.5. The van der Waals surface area contributed by atoms with E-state index in [1.54, 1.807) is 35.0 Å². The molecule has 0 amide bonds. The lowest BCUT2D eigenvalue weighted by Gasteiger charge is -2.28. The quantitative estimate of drug-likeness (QED) is 0.333. The number of carboxylic acid groups (broad SMARTS) is 1. The Hall–Kier alpha value is -3.89. The Labute approximate surface area is 233 Å². The van der Waals surface area contributed by atoms with Crippen LogP contribution < -0.4 is 14.5 Å². The van der Waals surface area contributed by atoms with Gasteiger partial charge in [-0.2, -0.15) is 5.26 Å². The van der Waals surface area contributed by atoms with Crippen molar-refractivity contribution in [3.63, 3.8) is 0 Å². The van der Waals surface area contributed by atoms with Crippen LogP contribution in [0.4, 0.5) is 11.5 Å². The minimum Gasteiger partial charge on any atom is -0.480 e. The van der Waals surface area contributed by atoms with Crippen LogP contribution in [0.2, 0.25) is 10.0 Å². The van der Waals surface area contributed by atoms with E-state index in [4.69, 9.17) is 23.2 Å². The van der Waals surface area contributed by atoms with Crippen LogP contribution in [0.1, 0.15) is 5.56 Å². The SMILES string of the molecule is N#Cc1cc(N2CCNCC2)nnc1-n1ccc2cc(N(CC(=O)O)S(=O)(=O)c3cc(Cl)cc(Cl)c3)ccc21. The van der Waals surface area contributed by atoms with E-state index >= 15 is 0 Å². The monoisotopic (exact) mass is 585 g/mol. The molecule has 2 aromatic heterocycles. The van der Waals surface area contributed by atoms with Gasteiger partial charge in [0.1, 0.15) is 18.2 Å². The maximum Gasteiger partial charge on any atom is 0.324 e. The first-order valence-corrected chi connectivity index (χ1v) is 13.9. The van der Waals surface area contributed by atoms with Gasteiger partial charge in [0.25, 0.3) is 10.0 Å². The Bertz CT molecular complexity index is 1710. The van der Waals surface area contributed by atoms with E-state index in [2.05, 4.69) is 26.5 Å². The molecular formula is C25H21Cl2N7O4S.